The minimum Gasteiger partial charge on any atom is 0 e. The van der Waals surface area contributed by atoms with Crippen LogP contribution in [0.15, 0.2) is 60.7 Å². The van der Waals surface area contributed by atoms with Gasteiger partial charge in [-0.2, -0.15) is 11.8 Å². The van der Waals surface area contributed by atoms with Crippen molar-refractivity contribution in [3.63, 3.8) is 0 Å². The minimum atomic E-state index is -2.60. The van der Waals surface area contributed by atoms with Gasteiger partial charge in [0.25, 0.3) is 0 Å². The van der Waals surface area contributed by atoms with E-state index in [1.807, 2.05) is 11.8 Å². The Morgan fingerprint density at radius 3 is 1.42 bits per heavy atom. The Bertz CT molecular complexity index is 905. The fourth-order valence-corrected chi connectivity index (χ4v) is 20.0. The molecule has 0 heterocycles. The van der Waals surface area contributed by atoms with Gasteiger partial charge < -0.3 is 5.32 Å². The molecule has 0 bridgehead atoms. The second-order valence-electron chi connectivity index (χ2n) is 12.7. The van der Waals surface area contributed by atoms with Gasteiger partial charge in [0, 0.05) is 31.8 Å². The summed E-state index contributed by atoms with van der Waals surface area (Å²) in [5.74, 6) is 2.42. The number of benzene rings is 2. The van der Waals surface area contributed by atoms with Crippen molar-refractivity contribution in [1.29, 1.82) is 0 Å². The van der Waals surface area contributed by atoms with E-state index in [0.29, 0.717) is 17.0 Å². The van der Waals surface area contributed by atoms with Crippen molar-refractivity contribution in [3.8, 4) is 0 Å². The summed E-state index contributed by atoms with van der Waals surface area (Å²) in [5.41, 5.74) is 2.04. The first-order chi connectivity index (χ1) is 20.5. The Hall–Kier alpha value is 0.813. The van der Waals surface area contributed by atoms with E-state index in [0.717, 1.165) is 13.1 Å². The molecule has 0 saturated heterocycles. The molecule has 0 spiro atoms. The molecule has 0 unspecified atom stereocenters. The molecule has 3 saturated carbocycles. The first-order valence-electron chi connectivity index (χ1n) is 17.1. The molecular formula is C36H57Cl2NP2RuS. The van der Waals surface area contributed by atoms with Gasteiger partial charge in [0.15, 0.2) is 0 Å². The first-order valence-corrected chi connectivity index (χ1v) is 24.1. The molecule has 7 heteroatoms. The SMILES string of the molecule is CCSCCNCCP(c1ccccc1)c1ccccc1.ClP(Cl)(C1CCCCC1)(C1CCCCC1)C1CCCCC1.[Ru]. The monoisotopic (exact) mass is 769 g/mol. The average molecular weight is 770 g/mol. The molecule has 1 N–H and O–H groups in total. The van der Waals surface area contributed by atoms with E-state index in [1.165, 1.54) is 125 Å². The van der Waals surface area contributed by atoms with Crippen molar-refractivity contribution in [2.24, 2.45) is 0 Å². The largest absolute Gasteiger partial charge is 0 e. The van der Waals surface area contributed by atoms with Gasteiger partial charge in [-0.25, -0.2) is 0 Å². The predicted octanol–water partition coefficient (Wildman–Crippen LogP) is 11.3. The van der Waals surface area contributed by atoms with Gasteiger partial charge in [-0.05, 0) is 37.0 Å². The Kier molecular flexibility index (Phi) is 18.0. The Balaban J connectivity index is 0.000000230. The maximum Gasteiger partial charge on any atom is 0 e. The molecule has 3 fully saturated rings. The number of halogens is 2. The molecule has 0 aliphatic heterocycles. The van der Waals surface area contributed by atoms with E-state index in [-0.39, 0.29) is 27.4 Å². The van der Waals surface area contributed by atoms with Crippen LogP contribution in [0.4, 0.5) is 0 Å². The third-order valence-corrected chi connectivity index (χ3v) is 24.2. The second kappa shape index (κ2) is 20.2. The second-order valence-corrected chi connectivity index (χ2v) is 25.9. The molecular weight excluding hydrogens is 712 g/mol. The van der Waals surface area contributed by atoms with Crippen molar-refractivity contribution >= 4 is 58.1 Å². The number of rotatable bonds is 12. The first kappa shape index (κ1) is 38.3. The minimum absolute atomic E-state index is 0. The van der Waals surface area contributed by atoms with Crippen LogP contribution in [0.3, 0.4) is 0 Å². The molecule has 0 amide bonds. The van der Waals surface area contributed by atoms with Gasteiger partial charge in [-0.1, -0.05) is 67.6 Å². The maximum atomic E-state index is 7.73. The molecule has 0 atom stereocenters. The van der Waals surface area contributed by atoms with E-state index in [2.05, 4.69) is 72.9 Å². The van der Waals surface area contributed by atoms with Crippen LogP contribution in [-0.4, -0.2) is 47.7 Å². The van der Waals surface area contributed by atoms with E-state index in [4.69, 9.17) is 22.5 Å². The van der Waals surface area contributed by atoms with E-state index in [9.17, 15) is 0 Å². The molecule has 43 heavy (non-hydrogen) atoms. The van der Waals surface area contributed by atoms with Crippen molar-refractivity contribution < 1.29 is 19.5 Å². The standard InChI is InChI=1S/C18H33Cl2P.C18H24NPS.Ru/c19-21(20,16-10-4-1-5-11-16,17-12-6-2-7-13-17)18-14-8-3-9-15-18;1-2-21-16-14-19-13-15-20(17-9-5-3-6-10-17)18-11-7-4-8-12-18;/h16-18H,1-15H2;3-12,19H,2,13-16H2,1H3;. The van der Waals surface area contributed by atoms with Gasteiger partial charge in [0.2, 0.25) is 0 Å². The third kappa shape index (κ3) is 10.9. The van der Waals surface area contributed by atoms with Gasteiger partial charge in [-0.15, -0.1) is 0 Å². The average Bonchev–Trinajstić information content (AvgIpc) is 3.07. The Labute approximate surface area is 292 Å². The van der Waals surface area contributed by atoms with Crippen LogP contribution in [0, 0.1) is 0 Å². The zero-order valence-electron chi connectivity index (χ0n) is 26.6. The van der Waals surface area contributed by atoms with Crippen LogP contribution in [0.2, 0.25) is 0 Å². The fraction of sp³-hybridized carbons (Fsp3) is 0.667. The Morgan fingerprint density at radius 2 is 1.05 bits per heavy atom. The normalized spacial score (nSPS) is 20.0. The van der Waals surface area contributed by atoms with Crippen molar-refractivity contribution in [2.75, 3.05) is 30.8 Å². The van der Waals surface area contributed by atoms with Crippen LogP contribution < -0.4 is 15.9 Å². The fourth-order valence-electron chi connectivity index (χ4n) is 7.85. The molecule has 0 aromatic heterocycles. The van der Waals surface area contributed by atoms with Crippen molar-refractivity contribution in [3.05, 3.63) is 60.7 Å². The topological polar surface area (TPSA) is 12.0 Å². The van der Waals surface area contributed by atoms with Crippen LogP contribution in [0.25, 0.3) is 0 Å². The number of thioether (sulfide) groups is 1. The van der Waals surface area contributed by atoms with Crippen LogP contribution in [-0.2, 0) is 19.5 Å². The van der Waals surface area contributed by atoms with Crippen molar-refractivity contribution in [1.82, 2.24) is 5.32 Å². The molecule has 2 aromatic carbocycles. The maximum absolute atomic E-state index is 7.73. The van der Waals surface area contributed by atoms with Crippen molar-refractivity contribution in [2.45, 2.75) is 120 Å². The van der Waals surface area contributed by atoms with Gasteiger partial charge in [-0.3, -0.25) is 0 Å². The predicted molar refractivity (Wildman–Crippen MR) is 199 cm³/mol. The molecule has 244 valence electrons. The molecule has 3 aliphatic rings. The van der Waals surface area contributed by atoms with Gasteiger partial charge in [0.05, 0.1) is 0 Å². The summed E-state index contributed by atoms with van der Waals surface area (Å²) in [4.78, 5) is 0. The summed E-state index contributed by atoms with van der Waals surface area (Å²) in [5, 5.41) is 3.94. The summed E-state index contributed by atoms with van der Waals surface area (Å²) in [7, 11) is -0.245. The molecule has 5 rings (SSSR count). The zero-order chi connectivity index (χ0) is 29.5. The molecule has 3 aliphatic carbocycles. The summed E-state index contributed by atoms with van der Waals surface area (Å²) in [6.45, 7) is 4.43. The van der Waals surface area contributed by atoms with E-state index in [1.54, 1.807) is 0 Å². The molecule has 2 aromatic rings. The quantitative estimate of drug-likeness (QED) is 0.131. The number of nitrogens with one attached hydrogen (secondary N) is 1. The Morgan fingerprint density at radius 1 is 0.651 bits per heavy atom. The summed E-state index contributed by atoms with van der Waals surface area (Å²) >= 11 is 17.5. The van der Waals surface area contributed by atoms with Crippen LogP contribution in [0.1, 0.15) is 103 Å². The number of hydrogen-bond donors (Lipinski definition) is 1. The third-order valence-electron chi connectivity index (χ3n) is 10.1. The number of hydrogen-bond acceptors (Lipinski definition) is 2. The molecule has 1 nitrogen and oxygen atoms in total. The van der Waals surface area contributed by atoms with E-state index >= 15 is 0 Å². The van der Waals surface area contributed by atoms with Crippen LogP contribution in [0.5, 0.6) is 0 Å². The summed E-state index contributed by atoms with van der Waals surface area (Å²) < 4.78 is 0. The van der Waals surface area contributed by atoms with Gasteiger partial charge in [0.1, 0.15) is 0 Å². The van der Waals surface area contributed by atoms with Crippen LogP contribution >= 0.6 is 47.5 Å². The molecule has 0 radical (unpaired) electrons. The zero-order valence-corrected chi connectivity index (χ0v) is 32.4. The van der Waals surface area contributed by atoms with Gasteiger partial charge >= 0.3 is 141 Å². The summed E-state index contributed by atoms with van der Waals surface area (Å²) in [6.07, 6.45) is 21.7. The van der Waals surface area contributed by atoms with E-state index < -0.39 is 5.31 Å². The smallest absolute Gasteiger partial charge is 0 e. The summed E-state index contributed by atoms with van der Waals surface area (Å²) in [6, 6.07) is 21.9.